The van der Waals surface area contributed by atoms with Crippen LogP contribution >= 0.6 is 0 Å². The molecule has 1 heterocycles. The summed E-state index contributed by atoms with van der Waals surface area (Å²) in [6.45, 7) is 6.11. The maximum Gasteiger partial charge on any atom is 0.103 e. The molecule has 0 amide bonds. The molecule has 0 saturated carbocycles. The van der Waals surface area contributed by atoms with Crippen molar-refractivity contribution in [3.05, 3.63) is 84.6 Å². The van der Waals surface area contributed by atoms with Crippen molar-refractivity contribution in [1.29, 1.82) is 0 Å². The predicted molar refractivity (Wildman–Crippen MR) is 94.5 cm³/mol. The molecule has 0 fully saturated rings. The van der Waals surface area contributed by atoms with Crippen LogP contribution < -0.4 is 4.90 Å². The highest BCUT2D eigenvalue weighted by atomic mass is 15.4. The maximum absolute atomic E-state index is 3.88. The number of anilines is 1. The molecule has 2 heteroatoms. The zero-order chi connectivity index (χ0) is 15.5. The van der Waals surface area contributed by atoms with Crippen molar-refractivity contribution in [2.24, 2.45) is 0 Å². The first kappa shape index (κ1) is 14.5. The van der Waals surface area contributed by atoms with Crippen molar-refractivity contribution < 1.29 is 0 Å². The molecule has 22 heavy (non-hydrogen) atoms. The van der Waals surface area contributed by atoms with Gasteiger partial charge in [0.2, 0.25) is 0 Å². The fourth-order valence-electron chi connectivity index (χ4n) is 2.97. The molecule has 0 bridgehead atoms. The predicted octanol–water partition coefficient (Wildman–Crippen LogP) is 4.51. The molecule has 0 radical (unpaired) electrons. The number of nitrogens with zero attached hydrogens (tertiary/aromatic N) is 2. The van der Waals surface area contributed by atoms with Gasteiger partial charge in [-0.05, 0) is 30.5 Å². The highest BCUT2D eigenvalue weighted by molar-refractivity contribution is 5.73. The van der Waals surface area contributed by atoms with Gasteiger partial charge in [-0.25, -0.2) is 0 Å². The Bertz CT molecular complexity index is 688. The smallest absolute Gasteiger partial charge is 0.103 e. The van der Waals surface area contributed by atoms with E-state index in [4.69, 9.17) is 0 Å². The molecular weight excluding hydrogens is 268 g/mol. The molecule has 0 saturated heterocycles. The highest BCUT2D eigenvalue weighted by Gasteiger charge is 2.28. The van der Waals surface area contributed by atoms with E-state index in [1.165, 1.54) is 22.5 Å². The van der Waals surface area contributed by atoms with Crippen LogP contribution in [0.1, 0.15) is 18.1 Å². The normalized spacial score (nSPS) is 17.5. The largest absolute Gasteiger partial charge is 0.353 e. The van der Waals surface area contributed by atoms with E-state index in [1.54, 1.807) is 0 Å². The number of hydrogen-bond donors (Lipinski definition) is 0. The van der Waals surface area contributed by atoms with Crippen molar-refractivity contribution in [3.63, 3.8) is 0 Å². The average Bonchev–Trinajstić information content (AvgIpc) is 2.85. The first-order valence-electron chi connectivity index (χ1n) is 7.69. The number of para-hydroxylation sites is 1. The third-order valence-corrected chi connectivity index (χ3v) is 4.31. The van der Waals surface area contributed by atoms with Crippen LogP contribution in [0.3, 0.4) is 0 Å². The number of rotatable bonds is 4. The molecule has 2 aromatic rings. The second-order valence-corrected chi connectivity index (χ2v) is 5.65. The van der Waals surface area contributed by atoms with E-state index in [0.29, 0.717) is 6.17 Å². The van der Waals surface area contributed by atoms with E-state index in [0.717, 1.165) is 6.42 Å². The highest BCUT2D eigenvalue weighted by Crippen LogP contribution is 2.34. The van der Waals surface area contributed by atoms with E-state index in [1.807, 2.05) is 6.08 Å². The summed E-state index contributed by atoms with van der Waals surface area (Å²) in [6.07, 6.45) is 5.39. The van der Waals surface area contributed by atoms with Gasteiger partial charge in [-0.15, -0.1) is 6.58 Å². The molecule has 1 unspecified atom stereocenters. The van der Waals surface area contributed by atoms with Crippen LogP contribution in [-0.4, -0.2) is 18.1 Å². The van der Waals surface area contributed by atoms with E-state index in [-0.39, 0.29) is 0 Å². The summed E-state index contributed by atoms with van der Waals surface area (Å²) in [5.74, 6) is 0. The second kappa shape index (κ2) is 6.10. The molecule has 0 aliphatic carbocycles. The molecule has 1 aliphatic rings. The Morgan fingerprint density at radius 2 is 1.73 bits per heavy atom. The zero-order valence-corrected chi connectivity index (χ0v) is 13.2. The summed E-state index contributed by atoms with van der Waals surface area (Å²) in [4.78, 5) is 4.67. The van der Waals surface area contributed by atoms with Gasteiger partial charge in [-0.1, -0.05) is 54.6 Å². The maximum atomic E-state index is 3.88. The lowest BCUT2D eigenvalue weighted by molar-refractivity contribution is 0.399. The second-order valence-electron chi connectivity index (χ2n) is 5.65. The Morgan fingerprint density at radius 3 is 2.45 bits per heavy atom. The van der Waals surface area contributed by atoms with Crippen molar-refractivity contribution in [1.82, 2.24) is 4.90 Å². The topological polar surface area (TPSA) is 6.48 Å². The minimum Gasteiger partial charge on any atom is -0.353 e. The zero-order valence-electron chi connectivity index (χ0n) is 13.2. The van der Waals surface area contributed by atoms with Crippen LogP contribution in [0.2, 0.25) is 0 Å². The van der Waals surface area contributed by atoms with Crippen LogP contribution in [0, 0.1) is 0 Å². The molecule has 0 N–H and O–H groups in total. The van der Waals surface area contributed by atoms with E-state index >= 15 is 0 Å². The molecule has 1 atom stereocenters. The fourth-order valence-corrected chi connectivity index (χ4v) is 2.97. The summed E-state index contributed by atoms with van der Waals surface area (Å²) >= 11 is 0. The van der Waals surface area contributed by atoms with Crippen LogP contribution in [0.25, 0.3) is 5.70 Å². The third kappa shape index (κ3) is 2.52. The summed E-state index contributed by atoms with van der Waals surface area (Å²) < 4.78 is 0. The Labute approximate surface area is 133 Å². The number of hydrogen-bond acceptors (Lipinski definition) is 2. The number of benzene rings is 2. The first-order chi connectivity index (χ1) is 10.7. The lowest BCUT2D eigenvalue weighted by Gasteiger charge is -2.29. The lowest BCUT2D eigenvalue weighted by Crippen LogP contribution is -2.34. The van der Waals surface area contributed by atoms with Crippen molar-refractivity contribution in [2.45, 2.75) is 19.5 Å². The molecule has 0 spiro atoms. The van der Waals surface area contributed by atoms with Gasteiger partial charge < -0.3 is 9.80 Å². The molecule has 2 nitrogen and oxygen atoms in total. The van der Waals surface area contributed by atoms with Crippen molar-refractivity contribution in [3.8, 4) is 0 Å². The van der Waals surface area contributed by atoms with Gasteiger partial charge in [-0.2, -0.15) is 0 Å². The van der Waals surface area contributed by atoms with E-state index < -0.39 is 0 Å². The lowest BCUT2D eigenvalue weighted by atomic mass is 10.1. The third-order valence-electron chi connectivity index (χ3n) is 4.31. The quantitative estimate of drug-likeness (QED) is 0.764. The van der Waals surface area contributed by atoms with Crippen LogP contribution in [0.5, 0.6) is 0 Å². The summed E-state index contributed by atoms with van der Waals surface area (Å²) in [7, 11) is 2.15. The van der Waals surface area contributed by atoms with Gasteiger partial charge in [0.1, 0.15) is 6.17 Å². The molecule has 0 aromatic heterocycles. The van der Waals surface area contributed by atoms with Gasteiger partial charge in [0, 0.05) is 18.9 Å². The summed E-state index contributed by atoms with van der Waals surface area (Å²) in [5.41, 5.74) is 5.07. The Kier molecular flexibility index (Phi) is 4.01. The van der Waals surface area contributed by atoms with Gasteiger partial charge in [0.25, 0.3) is 0 Å². The van der Waals surface area contributed by atoms with Gasteiger partial charge in [-0.3, -0.25) is 0 Å². The number of allylic oxidation sites excluding steroid dienone is 1. The van der Waals surface area contributed by atoms with Crippen molar-refractivity contribution >= 4 is 11.4 Å². The monoisotopic (exact) mass is 290 g/mol. The minimum absolute atomic E-state index is 0.293. The van der Waals surface area contributed by atoms with Gasteiger partial charge >= 0.3 is 0 Å². The summed E-state index contributed by atoms with van der Waals surface area (Å²) in [5, 5.41) is 0. The molecule has 2 aromatic carbocycles. The van der Waals surface area contributed by atoms with Gasteiger partial charge in [0.15, 0.2) is 0 Å². The van der Waals surface area contributed by atoms with Crippen molar-refractivity contribution in [2.75, 3.05) is 11.9 Å². The molecular formula is C20H22N2. The van der Waals surface area contributed by atoms with Crippen LogP contribution in [0.15, 0.2) is 73.5 Å². The van der Waals surface area contributed by atoms with E-state index in [2.05, 4.69) is 91.1 Å². The standard InChI is InChI=1S/C20H22N2/c1-4-10-17-13-8-9-14-19(17)22-15-20(21(3)16(22)2)18-11-6-5-7-12-18/h4-9,11-16H,1,10H2,2-3H3. The molecule has 1 aliphatic heterocycles. The van der Waals surface area contributed by atoms with Crippen LogP contribution in [0.4, 0.5) is 5.69 Å². The first-order valence-corrected chi connectivity index (χ1v) is 7.69. The van der Waals surface area contributed by atoms with Crippen LogP contribution in [-0.2, 0) is 6.42 Å². The molecule has 3 rings (SSSR count). The Hall–Kier alpha value is -2.48. The SMILES string of the molecule is C=CCc1ccccc1N1C=C(c2ccccc2)N(C)C1C. The summed E-state index contributed by atoms with van der Waals surface area (Å²) in [6, 6.07) is 19.1. The fraction of sp³-hybridized carbons (Fsp3) is 0.200. The van der Waals surface area contributed by atoms with Gasteiger partial charge in [0.05, 0.1) is 5.70 Å². The minimum atomic E-state index is 0.293. The Morgan fingerprint density at radius 1 is 1.05 bits per heavy atom. The van der Waals surface area contributed by atoms with E-state index in [9.17, 15) is 0 Å². The Balaban J connectivity index is 2.01. The molecule has 112 valence electrons. The average molecular weight is 290 g/mol.